The highest BCUT2D eigenvalue weighted by Gasteiger charge is 2.42. The van der Waals surface area contributed by atoms with Gasteiger partial charge in [0.25, 0.3) is 5.56 Å². The predicted octanol–water partition coefficient (Wildman–Crippen LogP) is 0.969. The van der Waals surface area contributed by atoms with Gasteiger partial charge in [0.1, 0.15) is 5.65 Å². The maximum Gasteiger partial charge on any atom is 0.255 e. The molecule has 0 spiro atoms. The van der Waals surface area contributed by atoms with Crippen LogP contribution in [0.2, 0.25) is 0 Å². The van der Waals surface area contributed by atoms with Crippen molar-refractivity contribution in [1.29, 1.82) is 0 Å². The van der Waals surface area contributed by atoms with Gasteiger partial charge in [-0.3, -0.25) is 9.36 Å². The van der Waals surface area contributed by atoms with E-state index < -0.39 is 30.7 Å². The predicted molar refractivity (Wildman–Crippen MR) is 136 cm³/mol. The number of hydrogen-bond donors (Lipinski definition) is 2. The highest BCUT2D eigenvalue weighted by molar-refractivity contribution is 7.95. The SMILES string of the molecule is Cc1cc2cnc(NC3CCN(S(=O)(=O)C4CCS(=O)(=O)C4)CC3)nc2n([C@@H]2CCC[C@@]2(C)O)c1=O. The lowest BCUT2D eigenvalue weighted by Gasteiger charge is -2.33. The van der Waals surface area contributed by atoms with Crippen LogP contribution in [0.3, 0.4) is 0 Å². The number of sulfonamides is 1. The third kappa shape index (κ3) is 4.66. The van der Waals surface area contributed by atoms with Crippen molar-refractivity contribution in [3.63, 3.8) is 0 Å². The molecule has 2 saturated heterocycles. The normalized spacial score (nSPS) is 29.6. The second-order valence-electron chi connectivity index (χ2n) is 10.6. The average Bonchev–Trinajstić information content (AvgIpc) is 3.36. The first kappa shape index (κ1) is 25.6. The van der Waals surface area contributed by atoms with Crippen LogP contribution in [0, 0.1) is 6.92 Å². The molecule has 0 bridgehead atoms. The van der Waals surface area contributed by atoms with E-state index in [0.717, 1.165) is 6.42 Å². The average molecular weight is 540 g/mol. The maximum absolute atomic E-state index is 13.1. The number of hydrogen-bond acceptors (Lipinski definition) is 9. The summed E-state index contributed by atoms with van der Waals surface area (Å²) in [7, 11) is -6.94. The van der Waals surface area contributed by atoms with Crippen molar-refractivity contribution in [1.82, 2.24) is 18.8 Å². The van der Waals surface area contributed by atoms with Gasteiger partial charge < -0.3 is 10.4 Å². The van der Waals surface area contributed by atoms with E-state index in [1.807, 2.05) is 0 Å². The van der Waals surface area contributed by atoms with E-state index in [9.17, 15) is 26.7 Å². The van der Waals surface area contributed by atoms with Crippen LogP contribution in [0.5, 0.6) is 0 Å². The van der Waals surface area contributed by atoms with Crippen molar-refractivity contribution >= 4 is 36.8 Å². The smallest absolute Gasteiger partial charge is 0.255 e. The molecule has 2 N–H and O–H groups in total. The molecule has 11 nitrogen and oxygen atoms in total. The molecule has 36 heavy (non-hydrogen) atoms. The summed E-state index contributed by atoms with van der Waals surface area (Å²) in [6, 6.07) is 1.32. The minimum absolute atomic E-state index is 0.0681. The van der Waals surface area contributed by atoms with E-state index in [4.69, 9.17) is 0 Å². The largest absolute Gasteiger partial charge is 0.388 e. The van der Waals surface area contributed by atoms with Gasteiger partial charge in [0, 0.05) is 36.3 Å². The fourth-order valence-corrected chi connectivity index (χ4v) is 10.4. The number of anilines is 1. The van der Waals surface area contributed by atoms with Crippen LogP contribution in [0.4, 0.5) is 5.95 Å². The zero-order chi connectivity index (χ0) is 25.9. The third-order valence-electron chi connectivity index (χ3n) is 7.90. The van der Waals surface area contributed by atoms with E-state index in [2.05, 4.69) is 15.3 Å². The van der Waals surface area contributed by atoms with Crippen LogP contribution in [0.1, 0.15) is 57.1 Å². The molecule has 1 aliphatic carbocycles. The third-order valence-corrected chi connectivity index (χ3v) is 12.2. The van der Waals surface area contributed by atoms with E-state index in [0.29, 0.717) is 61.3 Å². The van der Waals surface area contributed by atoms with Crippen LogP contribution < -0.4 is 10.9 Å². The van der Waals surface area contributed by atoms with Crippen LogP contribution in [0.25, 0.3) is 11.0 Å². The Balaban J connectivity index is 1.34. The second-order valence-corrected chi connectivity index (χ2v) is 15.1. The zero-order valence-electron chi connectivity index (χ0n) is 20.6. The first-order chi connectivity index (χ1) is 16.9. The summed E-state index contributed by atoms with van der Waals surface area (Å²) >= 11 is 0. The number of nitrogens with zero attached hydrogens (tertiary/aromatic N) is 4. The molecule has 13 heteroatoms. The monoisotopic (exact) mass is 539 g/mol. The Labute approximate surface area is 210 Å². The molecular formula is C23H33N5O6S2. The molecule has 3 atom stereocenters. The lowest BCUT2D eigenvalue weighted by atomic mass is 9.99. The van der Waals surface area contributed by atoms with Gasteiger partial charge >= 0.3 is 0 Å². The molecule has 0 aromatic carbocycles. The Kier molecular flexibility index (Phi) is 6.41. The van der Waals surface area contributed by atoms with E-state index in [1.54, 1.807) is 30.7 Å². The molecule has 1 saturated carbocycles. The van der Waals surface area contributed by atoms with E-state index in [1.165, 1.54) is 4.31 Å². The standard InChI is InChI=1S/C23H33N5O6S2/c1-15-12-16-13-24-22(26-20(16)28(21(15)29)19-4-3-8-23(19,2)30)25-17-5-9-27(10-6-17)36(33,34)18-7-11-35(31,32)14-18/h12-13,17-19,30H,3-11,14H2,1-2H3,(H,24,25,26)/t18?,19-,23-/m1/s1. The van der Waals surface area contributed by atoms with Crippen LogP contribution in [-0.2, 0) is 19.9 Å². The van der Waals surface area contributed by atoms with E-state index in [-0.39, 0.29) is 35.6 Å². The quantitative estimate of drug-likeness (QED) is 0.566. The van der Waals surface area contributed by atoms with Crippen LogP contribution >= 0.6 is 0 Å². The fraction of sp³-hybridized carbons (Fsp3) is 0.696. The lowest BCUT2D eigenvalue weighted by molar-refractivity contribution is 0.0266. The van der Waals surface area contributed by atoms with Crippen molar-refractivity contribution in [2.24, 2.45) is 0 Å². The second kappa shape index (κ2) is 9.03. The van der Waals surface area contributed by atoms with Gasteiger partial charge in [0.2, 0.25) is 16.0 Å². The minimum atomic E-state index is -3.66. The number of fused-ring (bicyclic) bond motifs is 1. The van der Waals surface area contributed by atoms with Crippen LogP contribution in [-0.4, -0.2) is 82.3 Å². The van der Waals surface area contributed by atoms with Gasteiger partial charge in [0.05, 0.1) is 28.4 Å². The van der Waals surface area contributed by atoms with Gasteiger partial charge in [0.15, 0.2) is 9.84 Å². The topological polar surface area (TPSA) is 152 Å². The number of aryl methyl sites for hydroxylation is 1. The Hall–Kier alpha value is -2.09. The summed E-state index contributed by atoms with van der Waals surface area (Å²) in [5, 5.41) is 14.0. The Morgan fingerprint density at radius 2 is 1.92 bits per heavy atom. The Bertz CT molecular complexity index is 1450. The van der Waals surface area contributed by atoms with Gasteiger partial charge in [-0.2, -0.15) is 4.98 Å². The summed E-state index contributed by atoms with van der Waals surface area (Å²) in [6.07, 6.45) is 5.00. The molecule has 2 aliphatic heterocycles. The number of pyridine rings is 1. The van der Waals surface area contributed by atoms with Gasteiger partial charge in [-0.25, -0.2) is 26.1 Å². The number of sulfone groups is 1. The van der Waals surface area contributed by atoms with Crippen molar-refractivity contribution in [2.75, 3.05) is 29.9 Å². The van der Waals surface area contributed by atoms with Gasteiger partial charge in [-0.05, 0) is 58.4 Å². The molecule has 4 heterocycles. The molecular weight excluding hydrogens is 506 g/mol. The van der Waals surface area contributed by atoms with Crippen LogP contribution in [0.15, 0.2) is 17.1 Å². The summed E-state index contributed by atoms with van der Waals surface area (Å²) in [4.78, 5) is 22.2. The molecule has 5 rings (SSSR count). The molecule has 2 aromatic rings. The minimum Gasteiger partial charge on any atom is -0.388 e. The summed E-state index contributed by atoms with van der Waals surface area (Å²) in [5.74, 6) is -0.0249. The first-order valence-corrected chi connectivity index (χ1v) is 15.8. The maximum atomic E-state index is 13.1. The van der Waals surface area contributed by atoms with Crippen molar-refractivity contribution in [3.05, 3.63) is 28.2 Å². The Morgan fingerprint density at radius 1 is 1.19 bits per heavy atom. The van der Waals surface area contributed by atoms with Crippen molar-refractivity contribution in [2.45, 2.75) is 75.3 Å². The van der Waals surface area contributed by atoms with E-state index >= 15 is 0 Å². The first-order valence-electron chi connectivity index (χ1n) is 12.4. The number of piperidine rings is 1. The van der Waals surface area contributed by atoms with Gasteiger partial charge in [-0.1, -0.05) is 0 Å². The number of aromatic nitrogens is 3. The molecule has 1 unspecified atom stereocenters. The van der Waals surface area contributed by atoms with Crippen molar-refractivity contribution < 1.29 is 21.9 Å². The zero-order valence-corrected chi connectivity index (χ0v) is 22.2. The number of nitrogens with one attached hydrogen (secondary N) is 1. The van der Waals surface area contributed by atoms with Crippen molar-refractivity contribution in [3.8, 4) is 0 Å². The highest BCUT2D eigenvalue weighted by Crippen LogP contribution is 2.39. The molecule has 0 amide bonds. The molecule has 3 aliphatic rings. The lowest BCUT2D eigenvalue weighted by Crippen LogP contribution is -2.46. The molecule has 3 fully saturated rings. The molecule has 198 valence electrons. The summed E-state index contributed by atoms with van der Waals surface area (Å²) < 4.78 is 52.4. The summed E-state index contributed by atoms with van der Waals surface area (Å²) in [5.41, 5.74) is -0.136. The molecule has 2 aromatic heterocycles. The molecule has 0 radical (unpaired) electrons. The Morgan fingerprint density at radius 3 is 2.53 bits per heavy atom. The van der Waals surface area contributed by atoms with Gasteiger partial charge in [-0.15, -0.1) is 0 Å². The summed E-state index contributed by atoms with van der Waals surface area (Å²) in [6.45, 7) is 4.09. The highest BCUT2D eigenvalue weighted by atomic mass is 32.2. The number of aliphatic hydroxyl groups is 1. The fourth-order valence-electron chi connectivity index (χ4n) is 5.80. The number of rotatable bonds is 5.